The maximum atomic E-state index is 8.75. The van der Waals surface area contributed by atoms with Gasteiger partial charge in [0.05, 0.1) is 18.0 Å². The van der Waals surface area contributed by atoms with E-state index in [-0.39, 0.29) is 6.61 Å². The van der Waals surface area contributed by atoms with Gasteiger partial charge in [-0.05, 0) is 6.92 Å². The van der Waals surface area contributed by atoms with Gasteiger partial charge in [0.2, 0.25) is 5.65 Å². The van der Waals surface area contributed by atoms with E-state index in [4.69, 9.17) is 10.8 Å². The van der Waals surface area contributed by atoms with E-state index in [0.717, 1.165) is 5.69 Å². The van der Waals surface area contributed by atoms with Crippen molar-refractivity contribution in [3.05, 3.63) is 11.5 Å². The summed E-state index contributed by atoms with van der Waals surface area (Å²) < 4.78 is 1.70. The number of nitrogens with two attached hydrogens (primary N) is 1. The minimum absolute atomic E-state index is 0.0543. The number of anilines is 1. The van der Waals surface area contributed by atoms with Crippen LogP contribution in [0.3, 0.4) is 0 Å². The molecule has 6 heteroatoms. The SMILES string of the molecule is Cc1[nH]n2c(CCO)nnc2c1N. The number of nitrogen functional groups attached to an aromatic ring is 1. The second-order valence-corrected chi connectivity index (χ2v) is 2.90. The number of aliphatic hydroxyl groups excluding tert-OH is 1. The predicted molar refractivity (Wildman–Crippen MR) is 47.3 cm³/mol. The van der Waals surface area contributed by atoms with Crippen LogP contribution in [0, 0.1) is 6.92 Å². The van der Waals surface area contributed by atoms with Crippen LogP contribution in [0.4, 0.5) is 5.69 Å². The van der Waals surface area contributed by atoms with Crippen LogP contribution in [-0.2, 0) is 6.42 Å². The van der Waals surface area contributed by atoms with Gasteiger partial charge >= 0.3 is 0 Å². The summed E-state index contributed by atoms with van der Waals surface area (Å²) >= 11 is 0. The van der Waals surface area contributed by atoms with Crippen LogP contribution < -0.4 is 5.73 Å². The Morgan fingerprint density at radius 1 is 1.54 bits per heavy atom. The normalized spacial score (nSPS) is 11.2. The standard InChI is InChI=1S/C7H11N5O/c1-4-6(8)7-10-9-5(2-3-13)12(7)11-4/h11,13H,2-3,8H2,1H3. The van der Waals surface area contributed by atoms with E-state index in [0.29, 0.717) is 23.6 Å². The highest BCUT2D eigenvalue weighted by Gasteiger charge is 2.11. The number of aromatic amines is 1. The molecule has 0 atom stereocenters. The van der Waals surface area contributed by atoms with Crippen LogP contribution in [0.1, 0.15) is 11.5 Å². The summed E-state index contributed by atoms with van der Waals surface area (Å²) in [5, 5.41) is 19.6. The highest BCUT2D eigenvalue weighted by molar-refractivity contribution is 5.66. The third-order valence-corrected chi connectivity index (χ3v) is 1.99. The van der Waals surface area contributed by atoms with Crippen molar-refractivity contribution in [2.45, 2.75) is 13.3 Å². The molecule has 0 saturated heterocycles. The van der Waals surface area contributed by atoms with Gasteiger partial charge in [-0.15, -0.1) is 10.2 Å². The zero-order valence-corrected chi connectivity index (χ0v) is 7.28. The molecule has 2 heterocycles. The second kappa shape index (κ2) is 2.74. The summed E-state index contributed by atoms with van der Waals surface area (Å²) in [6, 6.07) is 0. The minimum atomic E-state index is 0.0543. The zero-order chi connectivity index (χ0) is 9.42. The monoisotopic (exact) mass is 181 g/mol. The smallest absolute Gasteiger partial charge is 0.200 e. The van der Waals surface area contributed by atoms with Crippen molar-refractivity contribution in [3.63, 3.8) is 0 Å². The number of aromatic nitrogens is 4. The lowest BCUT2D eigenvalue weighted by Gasteiger charge is -1.91. The second-order valence-electron chi connectivity index (χ2n) is 2.90. The van der Waals surface area contributed by atoms with Crippen molar-refractivity contribution in [1.29, 1.82) is 0 Å². The Bertz CT molecular complexity index is 429. The van der Waals surface area contributed by atoms with E-state index in [2.05, 4.69) is 15.3 Å². The number of aryl methyl sites for hydroxylation is 1. The minimum Gasteiger partial charge on any atom is -0.396 e. The number of rotatable bonds is 2. The molecule has 0 amide bonds. The highest BCUT2D eigenvalue weighted by Crippen LogP contribution is 2.15. The lowest BCUT2D eigenvalue weighted by Crippen LogP contribution is -1.99. The van der Waals surface area contributed by atoms with E-state index in [1.807, 2.05) is 6.92 Å². The van der Waals surface area contributed by atoms with Gasteiger partial charge < -0.3 is 10.8 Å². The Morgan fingerprint density at radius 2 is 2.31 bits per heavy atom. The van der Waals surface area contributed by atoms with Crippen LogP contribution in [0.15, 0.2) is 0 Å². The first-order valence-corrected chi connectivity index (χ1v) is 4.03. The summed E-state index contributed by atoms with van der Waals surface area (Å²) in [5.74, 6) is 0.692. The zero-order valence-electron chi connectivity index (χ0n) is 7.28. The van der Waals surface area contributed by atoms with Gasteiger partial charge in [0.15, 0.2) is 5.82 Å². The molecular weight excluding hydrogens is 170 g/mol. The Labute approximate surface area is 74.4 Å². The lowest BCUT2D eigenvalue weighted by molar-refractivity contribution is 0.295. The van der Waals surface area contributed by atoms with Gasteiger partial charge in [-0.2, -0.15) is 0 Å². The molecule has 0 aromatic carbocycles. The molecular formula is C7H11N5O. The fourth-order valence-corrected chi connectivity index (χ4v) is 1.27. The molecule has 0 unspecified atom stereocenters. The molecule has 70 valence electrons. The molecule has 0 aliphatic carbocycles. The molecule has 0 aliphatic heterocycles. The van der Waals surface area contributed by atoms with Crippen LogP contribution in [0.5, 0.6) is 0 Å². The molecule has 0 aliphatic rings. The van der Waals surface area contributed by atoms with Crippen molar-refractivity contribution in [3.8, 4) is 0 Å². The molecule has 0 radical (unpaired) electrons. The number of hydrogen-bond acceptors (Lipinski definition) is 4. The van der Waals surface area contributed by atoms with E-state index in [9.17, 15) is 0 Å². The number of hydrogen-bond donors (Lipinski definition) is 3. The van der Waals surface area contributed by atoms with Gasteiger partial charge in [-0.25, -0.2) is 4.52 Å². The molecule has 2 rings (SSSR count). The molecule has 2 aromatic rings. The highest BCUT2D eigenvalue weighted by atomic mass is 16.3. The number of fused-ring (bicyclic) bond motifs is 1. The molecule has 0 fully saturated rings. The first-order chi connectivity index (χ1) is 6.24. The Kier molecular flexibility index (Phi) is 1.70. The predicted octanol–water partition coefficient (Wildman–Crippen LogP) is -0.517. The Balaban J connectivity index is 2.60. The number of H-pyrrole nitrogens is 1. The van der Waals surface area contributed by atoms with Crippen LogP contribution in [0.25, 0.3) is 5.65 Å². The van der Waals surface area contributed by atoms with Crippen molar-refractivity contribution in [2.24, 2.45) is 0 Å². The van der Waals surface area contributed by atoms with Gasteiger partial charge in [0.25, 0.3) is 0 Å². The third kappa shape index (κ3) is 1.06. The molecule has 0 saturated carbocycles. The fraction of sp³-hybridized carbons (Fsp3) is 0.429. The van der Waals surface area contributed by atoms with E-state index in [1.165, 1.54) is 0 Å². The summed E-state index contributed by atoms with van der Waals surface area (Å²) in [6.07, 6.45) is 0.473. The van der Waals surface area contributed by atoms with Crippen molar-refractivity contribution in [2.75, 3.05) is 12.3 Å². The lowest BCUT2D eigenvalue weighted by atomic mass is 10.4. The molecule has 0 spiro atoms. The average molecular weight is 181 g/mol. The number of aliphatic hydroxyl groups is 1. The summed E-state index contributed by atoms with van der Waals surface area (Å²) in [7, 11) is 0. The molecule has 13 heavy (non-hydrogen) atoms. The number of nitrogens with zero attached hydrogens (tertiary/aromatic N) is 3. The molecule has 6 nitrogen and oxygen atoms in total. The van der Waals surface area contributed by atoms with E-state index < -0.39 is 0 Å². The third-order valence-electron chi connectivity index (χ3n) is 1.99. The maximum absolute atomic E-state index is 8.75. The van der Waals surface area contributed by atoms with Crippen LogP contribution >= 0.6 is 0 Å². The maximum Gasteiger partial charge on any atom is 0.200 e. The quantitative estimate of drug-likeness (QED) is 0.581. The van der Waals surface area contributed by atoms with E-state index >= 15 is 0 Å². The Hall–Kier alpha value is -1.56. The summed E-state index contributed by atoms with van der Waals surface area (Å²) in [5.41, 5.74) is 7.83. The number of nitrogens with one attached hydrogen (secondary N) is 1. The van der Waals surface area contributed by atoms with E-state index in [1.54, 1.807) is 4.52 Å². The topological polar surface area (TPSA) is 92.2 Å². The largest absolute Gasteiger partial charge is 0.396 e. The van der Waals surface area contributed by atoms with Gasteiger partial charge in [0.1, 0.15) is 0 Å². The molecule has 0 bridgehead atoms. The molecule has 4 N–H and O–H groups in total. The first kappa shape index (κ1) is 8.06. The van der Waals surface area contributed by atoms with Crippen LogP contribution in [0.2, 0.25) is 0 Å². The summed E-state index contributed by atoms with van der Waals surface area (Å²) in [6.45, 7) is 1.92. The summed E-state index contributed by atoms with van der Waals surface area (Å²) in [4.78, 5) is 0. The van der Waals surface area contributed by atoms with Crippen molar-refractivity contribution >= 4 is 11.3 Å². The van der Waals surface area contributed by atoms with Gasteiger partial charge in [-0.1, -0.05) is 0 Å². The van der Waals surface area contributed by atoms with Gasteiger partial charge in [0, 0.05) is 6.42 Å². The van der Waals surface area contributed by atoms with Crippen molar-refractivity contribution in [1.82, 2.24) is 19.8 Å². The van der Waals surface area contributed by atoms with Crippen LogP contribution in [-0.4, -0.2) is 31.5 Å². The Morgan fingerprint density at radius 3 is 3.00 bits per heavy atom. The first-order valence-electron chi connectivity index (χ1n) is 4.03. The average Bonchev–Trinajstić information content (AvgIpc) is 2.59. The fourth-order valence-electron chi connectivity index (χ4n) is 1.27. The van der Waals surface area contributed by atoms with Crippen molar-refractivity contribution < 1.29 is 5.11 Å². The molecule has 2 aromatic heterocycles. The van der Waals surface area contributed by atoms with Gasteiger partial charge in [-0.3, -0.25) is 5.10 Å².